The average Bonchev–Trinajstić information content (AvgIpc) is 3.24. The first-order valence-corrected chi connectivity index (χ1v) is 13.1. The number of nitrogens with zero attached hydrogens (tertiary/aromatic N) is 2. The standard InChI is InChI=1S/C29H35N3O3S/c1-19-11-12-22(13-20(19)2)24-18-36-28-26(24)27(34)30-25(31-28)16-32(14-21-9-7-6-8-10-21)15-23(33)17-35-29(3,4)5/h6-13,18,23,33H,14-17H2,1-5H3,(H,30,31,34)/t23-/m1/s1. The molecule has 7 heteroatoms. The second-order valence-corrected chi connectivity index (χ2v) is 11.2. The molecule has 0 fully saturated rings. The number of aliphatic hydroxyl groups excluding tert-OH is 1. The first-order valence-electron chi connectivity index (χ1n) is 12.3. The van der Waals surface area contributed by atoms with Gasteiger partial charge < -0.3 is 14.8 Å². The van der Waals surface area contributed by atoms with E-state index in [1.54, 1.807) is 0 Å². The highest BCUT2D eigenvalue weighted by Crippen LogP contribution is 2.31. The highest BCUT2D eigenvalue weighted by molar-refractivity contribution is 7.17. The predicted octanol–water partition coefficient (Wildman–Crippen LogP) is 5.45. The predicted molar refractivity (Wildman–Crippen MR) is 147 cm³/mol. The van der Waals surface area contributed by atoms with Gasteiger partial charge in [0.05, 0.1) is 30.2 Å². The molecular formula is C29H35N3O3S. The van der Waals surface area contributed by atoms with Crippen LogP contribution in [0.25, 0.3) is 21.3 Å². The van der Waals surface area contributed by atoms with Crippen molar-refractivity contribution in [3.8, 4) is 11.1 Å². The molecule has 0 aliphatic carbocycles. The fourth-order valence-electron chi connectivity index (χ4n) is 4.13. The van der Waals surface area contributed by atoms with Gasteiger partial charge in [-0.1, -0.05) is 48.5 Å². The van der Waals surface area contributed by atoms with Crippen LogP contribution in [0.5, 0.6) is 0 Å². The van der Waals surface area contributed by atoms with E-state index in [1.165, 1.54) is 22.5 Å². The Balaban J connectivity index is 1.59. The van der Waals surface area contributed by atoms with Crippen LogP contribution in [-0.4, -0.2) is 44.8 Å². The molecule has 0 aliphatic rings. The van der Waals surface area contributed by atoms with Crippen LogP contribution in [0.15, 0.2) is 58.7 Å². The number of fused-ring (bicyclic) bond motifs is 1. The summed E-state index contributed by atoms with van der Waals surface area (Å²) in [7, 11) is 0. The van der Waals surface area contributed by atoms with Gasteiger partial charge in [-0.15, -0.1) is 11.3 Å². The van der Waals surface area contributed by atoms with Gasteiger partial charge in [0.2, 0.25) is 0 Å². The van der Waals surface area contributed by atoms with E-state index in [2.05, 4.69) is 54.1 Å². The Bertz CT molecular complexity index is 1370. The number of rotatable bonds is 9. The van der Waals surface area contributed by atoms with Crippen molar-refractivity contribution in [3.63, 3.8) is 0 Å². The number of H-pyrrole nitrogens is 1. The van der Waals surface area contributed by atoms with Crippen LogP contribution in [0.1, 0.15) is 43.3 Å². The number of aliphatic hydroxyl groups is 1. The minimum atomic E-state index is -0.665. The number of nitrogens with one attached hydrogen (secondary N) is 1. The summed E-state index contributed by atoms with van der Waals surface area (Å²) in [5.74, 6) is 0.584. The Hall–Kier alpha value is -2.84. The summed E-state index contributed by atoms with van der Waals surface area (Å²) in [5.41, 5.74) is 5.01. The monoisotopic (exact) mass is 505 g/mol. The molecule has 2 aromatic carbocycles. The molecule has 0 saturated carbocycles. The molecule has 1 atom stereocenters. The van der Waals surface area contributed by atoms with E-state index >= 15 is 0 Å². The molecule has 0 radical (unpaired) electrons. The molecular weight excluding hydrogens is 470 g/mol. The molecule has 0 spiro atoms. The molecule has 4 rings (SSSR count). The van der Waals surface area contributed by atoms with Crippen LogP contribution in [0.2, 0.25) is 0 Å². The smallest absolute Gasteiger partial charge is 0.260 e. The maximum atomic E-state index is 13.2. The maximum Gasteiger partial charge on any atom is 0.260 e. The first-order chi connectivity index (χ1) is 17.1. The van der Waals surface area contributed by atoms with Crippen LogP contribution in [0, 0.1) is 13.8 Å². The quantitative estimate of drug-likeness (QED) is 0.316. The summed E-state index contributed by atoms with van der Waals surface area (Å²) in [6.45, 7) is 11.7. The summed E-state index contributed by atoms with van der Waals surface area (Å²) in [6, 6.07) is 16.3. The Morgan fingerprint density at radius 1 is 1.08 bits per heavy atom. The molecule has 2 N–H and O–H groups in total. The van der Waals surface area contributed by atoms with Gasteiger partial charge in [0.1, 0.15) is 10.7 Å². The van der Waals surface area contributed by atoms with Crippen molar-refractivity contribution in [2.24, 2.45) is 0 Å². The average molecular weight is 506 g/mol. The van der Waals surface area contributed by atoms with Gasteiger partial charge >= 0.3 is 0 Å². The van der Waals surface area contributed by atoms with Gasteiger partial charge in [-0.25, -0.2) is 4.98 Å². The number of aryl methyl sites for hydroxylation is 2. The summed E-state index contributed by atoms with van der Waals surface area (Å²) in [4.78, 5) is 23.8. The molecule has 2 aromatic heterocycles. The Kier molecular flexibility index (Phi) is 8.05. The lowest BCUT2D eigenvalue weighted by molar-refractivity contribution is -0.0574. The zero-order chi connectivity index (χ0) is 25.9. The molecule has 0 bridgehead atoms. The molecule has 36 heavy (non-hydrogen) atoms. The lowest BCUT2D eigenvalue weighted by Gasteiger charge is -2.27. The van der Waals surface area contributed by atoms with Crippen LogP contribution in [0.4, 0.5) is 0 Å². The minimum Gasteiger partial charge on any atom is -0.389 e. The van der Waals surface area contributed by atoms with Crippen LogP contribution < -0.4 is 5.56 Å². The van der Waals surface area contributed by atoms with Crippen molar-refractivity contribution in [2.75, 3.05) is 13.2 Å². The Morgan fingerprint density at radius 3 is 2.53 bits per heavy atom. The largest absolute Gasteiger partial charge is 0.389 e. The van der Waals surface area contributed by atoms with E-state index in [1.807, 2.05) is 44.4 Å². The van der Waals surface area contributed by atoms with E-state index in [9.17, 15) is 9.90 Å². The number of thiophene rings is 1. The third-order valence-corrected chi connectivity index (χ3v) is 6.98. The SMILES string of the molecule is Cc1ccc(-c2csc3nc(CN(Cc4ccccc4)C[C@@H](O)COC(C)(C)C)[nH]c(=O)c23)cc1C. The third-order valence-electron chi connectivity index (χ3n) is 6.11. The van der Waals surface area contributed by atoms with Crippen molar-refractivity contribution in [3.05, 3.63) is 86.8 Å². The van der Waals surface area contributed by atoms with E-state index in [-0.39, 0.29) is 17.8 Å². The van der Waals surface area contributed by atoms with Gasteiger partial charge in [0, 0.05) is 24.0 Å². The summed E-state index contributed by atoms with van der Waals surface area (Å²) in [5, 5.41) is 13.3. The van der Waals surface area contributed by atoms with E-state index in [0.29, 0.717) is 30.8 Å². The van der Waals surface area contributed by atoms with Gasteiger partial charge in [-0.2, -0.15) is 0 Å². The number of aromatic nitrogens is 2. The molecule has 190 valence electrons. The summed E-state index contributed by atoms with van der Waals surface area (Å²) in [6.07, 6.45) is -0.665. The topological polar surface area (TPSA) is 78.5 Å². The van der Waals surface area contributed by atoms with Crippen molar-refractivity contribution in [1.29, 1.82) is 0 Å². The summed E-state index contributed by atoms with van der Waals surface area (Å²) >= 11 is 1.48. The fraction of sp³-hybridized carbons (Fsp3) is 0.379. The van der Waals surface area contributed by atoms with Gasteiger partial charge in [0.25, 0.3) is 5.56 Å². The zero-order valence-electron chi connectivity index (χ0n) is 21.7. The second kappa shape index (κ2) is 11.0. The van der Waals surface area contributed by atoms with Crippen molar-refractivity contribution in [1.82, 2.24) is 14.9 Å². The highest BCUT2D eigenvalue weighted by Gasteiger charge is 2.19. The first kappa shape index (κ1) is 26.2. The molecule has 6 nitrogen and oxygen atoms in total. The number of ether oxygens (including phenoxy) is 1. The van der Waals surface area contributed by atoms with Gasteiger partial charge in [-0.3, -0.25) is 9.69 Å². The number of aromatic amines is 1. The lowest BCUT2D eigenvalue weighted by atomic mass is 10.0. The zero-order valence-corrected chi connectivity index (χ0v) is 22.5. The molecule has 0 aliphatic heterocycles. The van der Waals surface area contributed by atoms with E-state index < -0.39 is 6.10 Å². The fourth-order valence-corrected chi connectivity index (χ4v) is 5.09. The molecule has 0 amide bonds. The van der Waals surface area contributed by atoms with Crippen molar-refractivity contribution < 1.29 is 9.84 Å². The summed E-state index contributed by atoms with van der Waals surface area (Å²) < 4.78 is 5.78. The van der Waals surface area contributed by atoms with Crippen LogP contribution >= 0.6 is 11.3 Å². The van der Waals surface area contributed by atoms with Gasteiger partial charge in [0.15, 0.2) is 0 Å². The number of hydrogen-bond acceptors (Lipinski definition) is 6. The molecule has 0 saturated heterocycles. The van der Waals surface area contributed by atoms with Crippen LogP contribution in [-0.2, 0) is 17.8 Å². The number of benzene rings is 2. The normalized spacial score (nSPS) is 13.0. The molecule has 0 unspecified atom stereocenters. The third kappa shape index (κ3) is 6.68. The molecule has 4 aromatic rings. The van der Waals surface area contributed by atoms with E-state index in [0.717, 1.165) is 21.5 Å². The molecule has 2 heterocycles. The van der Waals surface area contributed by atoms with Gasteiger partial charge in [-0.05, 0) is 56.9 Å². The van der Waals surface area contributed by atoms with Crippen molar-refractivity contribution in [2.45, 2.75) is 59.4 Å². The minimum absolute atomic E-state index is 0.138. The second-order valence-electron chi connectivity index (χ2n) is 10.4. The van der Waals surface area contributed by atoms with E-state index in [4.69, 9.17) is 9.72 Å². The van der Waals surface area contributed by atoms with Crippen molar-refractivity contribution >= 4 is 21.6 Å². The maximum absolute atomic E-state index is 13.2. The Labute approximate surface area is 216 Å². The Morgan fingerprint density at radius 2 is 1.83 bits per heavy atom. The van der Waals surface area contributed by atoms with Crippen LogP contribution in [0.3, 0.4) is 0 Å². The number of hydrogen-bond donors (Lipinski definition) is 2. The highest BCUT2D eigenvalue weighted by atomic mass is 32.1. The lowest BCUT2D eigenvalue weighted by Crippen LogP contribution is -2.37.